The molecule has 0 saturated carbocycles. The van der Waals surface area contributed by atoms with Crippen molar-refractivity contribution in [1.29, 1.82) is 0 Å². The van der Waals surface area contributed by atoms with Crippen LogP contribution in [-0.4, -0.2) is 6.54 Å². The summed E-state index contributed by atoms with van der Waals surface area (Å²) >= 11 is 0. The zero-order valence-electron chi connectivity index (χ0n) is 12.8. The Morgan fingerprint density at radius 3 is 2.30 bits per heavy atom. The summed E-state index contributed by atoms with van der Waals surface area (Å²) in [4.78, 5) is 0. The third-order valence-corrected chi connectivity index (χ3v) is 4.49. The van der Waals surface area contributed by atoms with Crippen molar-refractivity contribution >= 4 is 0 Å². The standard InChI is InChI=1S/C19H25N/c1-4-19(14-20,18-8-6-5-7-9-18)13-17-12-15(2)10-11-16(17)3/h5-12H,4,13-14,20H2,1-3H3. The maximum atomic E-state index is 6.19. The van der Waals surface area contributed by atoms with Crippen molar-refractivity contribution in [3.05, 3.63) is 70.8 Å². The molecule has 1 atom stereocenters. The average molecular weight is 267 g/mol. The van der Waals surface area contributed by atoms with E-state index in [1.54, 1.807) is 0 Å². The SMILES string of the molecule is CCC(CN)(Cc1cc(C)ccc1C)c1ccccc1. The highest BCUT2D eigenvalue weighted by atomic mass is 14.6. The molecule has 2 aromatic carbocycles. The molecule has 0 amide bonds. The second-order valence-corrected chi connectivity index (χ2v) is 5.81. The molecule has 1 nitrogen and oxygen atoms in total. The lowest BCUT2D eigenvalue weighted by Crippen LogP contribution is -2.37. The minimum Gasteiger partial charge on any atom is -0.330 e. The molecule has 1 unspecified atom stereocenters. The molecule has 0 fully saturated rings. The highest BCUT2D eigenvalue weighted by Gasteiger charge is 2.29. The normalized spacial score (nSPS) is 14.0. The molecule has 0 aliphatic rings. The van der Waals surface area contributed by atoms with Gasteiger partial charge in [-0.05, 0) is 43.4 Å². The molecule has 0 heterocycles. The van der Waals surface area contributed by atoms with Crippen LogP contribution in [0, 0.1) is 13.8 Å². The van der Waals surface area contributed by atoms with Gasteiger partial charge in [0.2, 0.25) is 0 Å². The van der Waals surface area contributed by atoms with Crippen LogP contribution in [0.25, 0.3) is 0 Å². The Balaban J connectivity index is 2.42. The molecule has 0 aliphatic carbocycles. The number of benzene rings is 2. The minimum atomic E-state index is 0.0415. The predicted molar refractivity (Wildman–Crippen MR) is 87.1 cm³/mol. The summed E-state index contributed by atoms with van der Waals surface area (Å²) in [5.41, 5.74) is 11.7. The van der Waals surface area contributed by atoms with Crippen molar-refractivity contribution in [2.24, 2.45) is 5.73 Å². The van der Waals surface area contributed by atoms with E-state index in [0.29, 0.717) is 6.54 Å². The Morgan fingerprint density at radius 1 is 1.00 bits per heavy atom. The van der Waals surface area contributed by atoms with Gasteiger partial charge >= 0.3 is 0 Å². The Labute approximate surface area is 122 Å². The highest BCUT2D eigenvalue weighted by molar-refractivity contribution is 5.35. The average Bonchev–Trinajstić information content (AvgIpc) is 2.49. The van der Waals surface area contributed by atoms with Crippen LogP contribution >= 0.6 is 0 Å². The van der Waals surface area contributed by atoms with E-state index in [2.05, 4.69) is 69.3 Å². The van der Waals surface area contributed by atoms with Gasteiger partial charge in [-0.1, -0.05) is 61.0 Å². The number of hydrogen-bond donors (Lipinski definition) is 1. The van der Waals surface area contributed by atoms with Crippen LogP contribution in [0.1, 0.15) is 35.6 Å². The number of hydrogen-bond acceptors (Lipinski definition) is 1. The smallest absolute Gasteiger partial charge is 0.0113 e. The van der Waals surface area contributed by atoms with E-state index in [-0.39, 0.29) is 5.41 Å². The van der Waals surface area contributed by atoms with Gasteiger partial charge in [-0.3, -0.25) is 0 Å². The van der Waals surface area contributed by atoms with Gasteiger partial charge in [0.25, 0.3) is 0 Å². The number of aryl methyl sites for hydroxylation is 2. The summed E-state index contributed by atoms with van der Waals surface area (Å²) < 4.78 is 0. The van der Waals surface area contributed by atoms with E-state index < -0.39 is 0 Å². The van der Waals surface area contributed by atoms with Gasteiger partial charge in [0, 0.05) is 12.0 Å². The quantitative estimate of drug-likeness (QED) is 0.865. The Bertz CT molecular complexity index is 553. The fourth-order valence-corrected chi connectivity index (χ4v) is 2.91. The predicted octanol–water partition coefficient (Wildman–Crippen LogP) is 4.15. The summed E-state index contributed by atoms with van der Waals surface area (Å²) in [6, 6.07) is 17.4. The third-order valence-electron chi connectivity index (χ3n) is 4.49. The van der Waals surface area contributed by atoms with Crippen LogP contribution in [0.4, 0.5) is 0 Å². The maximum absolute atomic E-state index is 6.19. The van der Waals surface area contributed by atoms with Gasteiger partial charge in [-0.15, -0.1) is 0 Å². The third kappa shape index (κ3) is 2.94. The topological polar surface area (TPSA) is 26.0 Å². The van der Waals surface area contributed by atoms with Crippen LogP contribution in [0.15, 0.2) is 48.5 Å². The molecular weight excluding hydrogens is 242 g/mol. The number of nitrogens with two attached hydrogens (primary N) is 1. The fraction of sp³-hybridized carbons (Fsp3) is 0.368. The molecule has 0 radical (unpaired) electrons. The van der Waals surface area contributed by atoms with Crippen LogP contribution in [0.3, 0.4) is 0 Å². The molecule has 0 saturated heterocycles. The molecule has 2 rings (SSSR count). The zero-order valence-corrected chi connectivity index (χ0v) is 12.8. The van der Waals surface area contributed by atoms with Crippen molar-refractivity contribution in [3.8, 4) is 0 Å². The van der Waals surface area contributed by atoms with E-state index in [9.17, 15) is 0 Å². The molecule has 106 valence electrons. The Morgan fingerprint density at radius 2 is 1.70 bits per heavy atom. The molecule has 20 heavy (non-hydrogen) atoms. The van der Waals surface area contributed by atoms with Crippen molar-refractivity contribution in [2.45, 2.75) is 39.0 Å². The molecule has 0 bridgehead atoms. The van der Waals surface area contributed by atoms with Gasteiger partial charge in [0.05, 0.1) is 0 Å². The largest absolute Gasteiger partial charge is 0.330 e. The van der Waals surface area contributed by atoms with Crippen LogP contribution < -0.4 is 5.73 Å². The zero-order chi connectivity index (χ0) is 14.6. The van der Waals surface area contributed by atoms with Crippen LogP contribution in [0.5, 0.6) is 0 Å². The Hall–Kier alpha value is -1.60. The van der Waals surface area contributed by atoms with Crippen LogP contribution in [-0.2, 0) is 11.8 Å². The molecule has 0 spiro atoms. The van der Waals surface area contributed by atoms with Gasteiger partial charge in [0.1, 0.15) is 0 Å². The van der Waals surface area contributed by atoms with Crippen molar-refractivity contribution in [3.63, 3.8) is 0 Å². The first-order chi connectivity index (χ1) is 9.61. The van der Waals surface area contributed by atoms with Crippen LogP contribution in [0.2, 0.25) is 0 Å². The van der Waals surface area contributed by atoms with Gasteiger partial charge in [-0.2, -0.15) is 0 Å². The second kappa shape index (κ2) is 6.23. The first-order valence-electron chi connectivity index (χ1n) is 7.43. The molecule has 0 aromatic heterocycles. The van der Waals surface area contributed by atoms with E-state index in [1.165, 1.54) is 22.3 Å². The summed E-state index contributed by atoms with van der Waals surface area (Å²) in [6.45, 7) is 7.27. The second-order valence-electron chi connectivity index (χ2n) is 5.81. The minimum absolute atomic E-state index is 0.0415. The summed E-state index contributed by atoms with van der Waals surface area (Å²) in [7, 11) is 0. The van der Waals surface area contributed by atoms with E-state index >= 15 is 0 Å². The first kappa shape index (κ1) is 14.8. The summed E-state index contributed by atoms with van der Waals surface area (Å²) in [5, 5.41) is 0. The van der Waals surface area contributed by atoms with Crippen molar-refractivity contribution in [1.82, 2.24) is 0 Å². The summed E-state index contributed by atoms with van der Waals surface area (Å²) in [6.07, 6.45) is 2.07. The lowest BCUT2D eigenvalue weighted by atomic mass is 9.73. The van der Waals surface area contributed by atoms with E-state index in [0.717, 1.165) is 12.8 Å². The fourth-order valence-electron chi connectivity index (χ4n) is 2.91. The monoisotopic (exact) mass is 267 g/mol. The molecule has 1 heteroatoms. The van der Waals surface area contributed by atoms with Crippen molar-refractivity contribution in [2.75, 3.05) is 6.54 Å². The maximum Gasteiger partial charge on any atom is 0.0113 e. The molecule has 0 aliphatic heterocycles. The first-order valence-corrected chi connectivity index (χ1v) is 7.43. The highest BCUT2D eigenvalue weighted by Crippen LogP contribution is 2.32. The lowest BCUT2D eigenvalue weighted by molar-refractivity contribution is 0.417. The molecule has 2 aromatic rings. The summed E-state index contributed by atoms with van der Waals surface area (Å²) in [5.74, 6) is 0. The van der Waals surface area contributed by atoms with Crippen molar-refractivity contribution < 1.29 is 0 Å². The number of rotatable bonds is 5. The van der Waals surface area contributed by atoms with Gasteiger partial charge < -0.3 is 5.73 Å². The van der Waals surface area contributed by atoms with E-state index in [1.807, 2.05) is 0 Å². The lowest BCUT2D eigenvalue weighted by Gasteiger charge is -2.33. The Kier molecular flexibility index (Phi) is 4.61. The van der Waals surface area contributed by atoms with Gasteiger partial charge in [-0.25, -0.2) is 0 Å². The van der Waals surface area contributed by atoms with E-state index in [4.69, 9.17) is 5.73 Å². The molecule has 2 N–H and O–H groups in total. The van der Waals surface area contributed by atoms with Gasteiger partial charge in [0.15, 0.2) is 0 Å². The molecular formula is C19H25N.